The van der Waals surface area contributed by atoms with Crippen LogP contribution in [0.1, 0.15) is 6.42 Å². The smallest absolute Gasteiger partial charge is 0.337 e. The van der Waals surface area contributed by atoms with Gasteiger partial charge in [0.1, 0.15) is 0 Å². The fraction of sp³-hybridized carbons (Fsp3) is 0.769. The zero-order valence-electron chi connectivity index (χ0n) is 16.2. The van der Waals surface area contributed by atoms with Gasteiger partial charge in [-0.3, -0.25) is 4.55 Å². The van der Waals surface area contributed by atoms with E-state index in [-0.39, 0.29) is 0 Å². The Kier molecular flexibility index (Phi) is 9.43. The molecule has 0 amide bonds. The first-order valence-corrected chi connectivity index (χ1v) is 9.51. The molecule has 1 aromatic heterocycles. The second kappa shape index (κ2) is 10.0. The molecule has 1 aromatic rings. The van der Waals surface area contributed by atoms with E-state index in [1.807, 2.05) is 0 Å². The minimum absolute atomic E-state index is 0.630. The van der Waals surface area contributed by atoms with Crippen LogP contribution in [0.15, 0.2) is 18.7 Å². The summed E-state index contributed by atoms with van der Waals surface area (Å²) in [6.07, 6.45) is -11.5. The van der Waals surface area contributed by atoms with Crippen LogP contribution in [-0.4, -0.2) is 70.0 Å². The van der Waals surface area contributed by atoms with Crippen molar-refractivity contribution in [2.24, 2.45) is 0 Å². The third-order valence-electron chi connectivity index (χ3n) is 3.84. The van der Waals surface area contributed by atoms with Crippen molar-refractivity contribution in [3.05, 3.63) is 18.7 Å². The van der Waals surface area contributed by atoms with Crippen LogP contribution in [0.3, 0.4) is 0 Å². The first-order valence-electron chi connectivity index (χ1n) is 8.07. The van der Waals surface area contributed by atoms with E-state index in [2.05, 4.69) is 4.98 Å². The van der Waals surface area contributed by atoms with Crippen LogP contribution >= 0.6 is 0 Å². The van der Waals surface area contributed by atoms with Gasteiger partial charge in [-0.25, -0.2) is 13.8 Å². The molecule has 23 heteroatoms. The number of alkyl halides is 17. The average Bonchev–Trinajstić information content (AvgIpc) is 3.18. The zero-order valence-corrected chi connectivity index (χ0v) is 17.0. The van der Waals surface area contributed by atoms with Gasteiger partial charge in [-0.05, 0) is 0 Å². The lowest BCUT2D eigenvalue weighted by Gasteiger charge is -2.39. The summed E-state index contributed by atoms with van der Waals surface area (Å²) in [5.74, 6) is -36.6. The molecule has 0 saturated heterocycles. The van der Waals surface area contributed by atoms with Crippen molar-refractivity contribution >= 4 is 10.1 Å². The van der Waals surface area contributed by atoms with Crippen molar-refractivity contribution in [2.75, 3.05) is 0 Å². The van der Waals surface area contributed by atoms with Crippen LogP contribution in [0.5, 0.6) is 0 Å². The van der Waals surface area contributed by atoms with Crippen molar-refractivity contribution in [1.82, 2.24) is 9.55 Å². The maximum absolute atomic E-state index is 13.4. The number of aromatic nitrogens is 2. The maximum Gasteiger partial charge on any atom is 0.460 e. The van der Waals surface area contributed by atoms with Gasteiger partial charge in [-0.2, -0.15) is 74.3 Å². The summed E-state index contributed by atoms with van der Waals surface area (Å²) < 4.78 is 238. The molecule has 1 N–H and O–H groups in total. The molecule has 214 valence electrons. The Bertz CT molecular complexity index is 957. The molecular weight excluding hydrogens is 587 g/mol. The molecule has 0 atom stereocenters. The Balaban J connectivity index is 0.00000103. The molecule has 0 aromatic carbocycles. The SMILES string of the molecule is FC(F)(F)C(F)(F)C(F)(F)C(F)(F)C(F)(F)C(F)(F)CCn1ccnc1.O=S(=O)(O)C(F)(F)C(F)F. The molecule has 0 radical (unpaired) electrons. The summed E-state index contributed by atoms with van der Waals surface area (Å²) >= 11 is 0. The Labute approximate surface area is 187 Å². The molecule has 0 aliphatic carbocycles. The maximum atomic E-state index is 13.4. The lowest BCUT2D eigenvalue weighted by atomic mass is 9.92. The molecule has 0 unspecified atom stereocenters. The van der Waals surface area contributed by atoms with Gasteiger partial charge in [0, 0.05) is 25.4 Å². The van der Waals surface area contributed by atoms with E-state index in [4.69, 9.17) is 4.55 Å². The van der Waals surface area contributed by atoms with E-state index in [1.165, 1.54) is 0 Å². The molecule has 0 bridgehead atoms. The Morgan fingerprint density at radius 2 is 1.17 bits per heavy atom. The predicted molar refractivity (Wildman–Crippen MR) is 80.1 cm³/mol. The Morgan fingerprint density at radius 1 is 0.750 bits per heavy atom. The van der Waals surface area contributed by atoms with Crippen molar-refractivity contribution in [3.63, 3.8) is 0 Å². The highest BCUT2D eigenvalue weighted by atomic mass is 32.2. The van der Waals surface area contributed by atoms with Crippen LogP contribution in [0.4, 0.5) is 74.6 Å². The number of aryl methyl sites for hydroxylation is 1. The third-order valence-corrected chi connectivity index (χ3v) is 4.71. The quantitative estimate of drug-likeness (QED) is 0.292. The summed E-state index contributed by atoms with van der Waals surface area (Å²) in [7, 11) is -5.98. The van der Waals surface area contributed by atoms with Crippen LogP contribution in [0, 0.1) is 0 Å². The highest BCUT2D eigenvalue weighted by molar-refractivity contribution is 7.86. The first-order chi connectivity index (χ1) is 15.5. The molecule has 5 nitrogen and oxygen atoms in total. The number of hydrogen-bond acceptors (Lipinski definition) is 3. The van der Waals surface area contributed by atoms with Gasteiger partial charge in [-0.15, -0.1) is 0 Å². The number of hydrogen-bond donors (Lipinski definition) is 1. The predicted octanol–water partition coefficient (Wildman–Crippen LogP) is 5.74. The van der Waals surface area contributed by atoms with E-state index < -0.39 is 70.6 Å². The van der Waals surface area contributed by atoms with Crippen LogP contribution < -0.4 is 0 Å². The largest absolute Gasteiger partial charge is 0.460 e. The van der Waals surface area contributed by atoms with Gasteiger partial charge in [0.2, 0.25) is 0 Å². The monoisotopic (exact) mass is 596 g/mol. The third kappa shape index (κ3) is 6.07. The molecule has 0 spiro atoms. The summed E-state index contributed by atoms with van der Waals surface area (Å²) in [6, 6.07) is 0. The normalized spacial score (nSPS) is 15.1. The minimum atomic E-state index is -7.86. The highest BCUT2D eigenvalue weighted by Gasteiger charge is 2.90. The fourth-order valence-corrected chi connectivity index (χ4v) is 1.99. The van der Waals surface area contributed by atoms with Gasteiger partial charge in [0.25, 0.3) is 0 Å². The van der Waals surface area contributed by atoms with Crippen molar-refractivity contribution in [1.29, 1.82) is 0 Å². The number of halogens is 17. The molecule has 0 aliphatic heterocycles. The Morgan fingerprint density at radius 3 is 1.44 bits per heavy atom. The topological polar surface area (TPSA) is 72.2 Å². The zero-order chi connectivity index (χ0) is 29.4. The highest BCUT2D eigenvalue weighted by Crippen LogP contribution is 2.60. The van der Waals surface area contributed by atoms with E-state index >= 15 is 0 Å². The molecule has 0 fully saturated rings. The summed E-state index contributed by atoms with van der Waals surface area (Å²) in [5.41, 5.74) is 0. The van der Waals surface area contributed by atoms with Gasteiger partial charge in [0.15, 0.2) is 0 Å². The lowest BCUT2D eigenvalue weighted by Crippen LogP contribution is -2.70. The van der Waals surface area contributed by atoms with Crippen molar-refractivity contribution in [3.8, 4) is 0 Å². The number of rotatable bonds is 9. The van der Waals surface area contributed by atoms with E-state index in [9.17, 15) is 83.1 Å². The molecule has 36 heavy (non-hydrogen) atoms. The van der Waals surface area contributed by atoms with E-state index in [0.29, 0.717) is 4.57 Å². The molecular formula is C13H9F17N2O3S. The number of nitrogens with zero attached hydrogens (tertiary/aromatic N) is 2. The Hall–Kier alpha value is -2.07. The first kappa shape index (κ1) is 33.9. The molecule has 0 aliphatic rings. The van der Waals surface area contributed by atoms with E-state index in [0.717, 1.165) is 18.7 Å². The van der Waals surface area contributed by atoms with E-state index in [1.54, 1.807) is 0 Å². The minimum Gasteiger partial charge on any atom is -0.337 e. The van der Waals surface area contributed by atoms with Crippen LogP contribution in [0.25, 0.3) is 0 Å². The number of imidazole rings is 1. The molecule has 0 saturated carbocycles. The lowest BCUT2D eigenvalue weighted by molar-refractivity contribution is -0.440. The van der Waals surface area contributed by atoms with Gasteiger partial charge < -0.3 is 4.57 Å². The summed E-state index contributed by atoms with van der Waals surface area (Å²) in [4.78, 5) is 3.27. The second-order valence-corrected chi connectivity index (χ2v) is 7.88. The van der Waals surface area contributed by atoms with Gasteiger partial charge in [0.05, 0.1) is 6.33 Å². The standard InChI is InChI=1S/C11H7F13N2.C2H2F4O3S/c12-6(13,1-3-26-4-2-25-5-26)7(14,15)8(16,17)9(18,19)10(20,21)11(22,23)24;3-1(4)2(5,6)10(7,8)9/h2,4-5H,1,3H2;1H,(H,7,8,9). The molecule has 1 heterocycles. The van der Waals surface area contributed by atoms with Crippen LogP contribution in [-0.2, 0) is 16.7 Å². The summed E-state index contributed by atoms with van der Waals surface area (Å²) in [6.45, 7) is -1.19. The second-order valence-electron chi connectivity index (χ2n) is 6.39. The van der Waals surface area contributed by atoms with Crippen molar-refractivity contribution in [2.45, 2.75) is 60.4 Å². The summed E-state index contributed by atoms with van der Waals surface area (Å²) in [5, 5.41) is -5.37. The molecule has 1 rings (SSSR count). The van der Waals surface area contributed by atoms with Gasteiger partial charge >= 0.3 is 57.6 Å². The van der Waals surface area contributed by atoms with Crippen LogP contribution in [0.2, 0.25) is 0 Å². The van der Waals surface area contributed by atoms with Gasteiger partial charge in [-0.1, -0.05) is 0 Å². The van der Waals surface area contributed by atoms with Crippen molar-refractivity contribution < 1.29 is 87.6 Å². The average molecular weight is 596 g/mol. The fourth-order valence-electron chi connectivity index (χ4n) is 1.76.